The molecular formula is C14H17BrN2O. The Morgan fingerprint density at radius 1 is 1.22 bits per heavy atom. The summed E-state index contributed by atoms with van der Waals surface area (Å²) in [5, 5.41) is 4.45. The third kappa shape index (κ3) is 2.75. The minimum Gasteiger partial charge on any atom is -0.491 e. The lowest BCUT2D eigenvalue weighted by atomic mass is 10.2. The number of hydrogen-bond donors (Lipinski definition) is 0. The van der Waals surface area contributed by atoms with Crippen molar-refractivity contribution in [3.8, 4) is 5.75 Å². The van der Waals surface area contributed by atoms with E-state index in [2.05, 4.69) is 40.9 Å². The molecule has 2 rings (SSSR count). The van der Waals surface area contributed by atoms with Gasteiger partial charge in [-0.1, -0.05) is 18.2 Å². The monoisotopic (exact) mass is 308 g/mol. The second-order valence-corrected chi connectivity index (χ2v) is 5.11. The van der Waals surface area contributed by atoms with E-state index in [1.54, 1.807) is 0 Å². The van der Waals surface area contributed by atoms with Crippen LogP contribution in [-0.4, -0.2) is 16.4 Å². The first-order valence-electron chi connectivity index (χ1n) is 5.97. The Morgan fingerprint density at radius 3 is 2.56 bits per heavy atom. The Morgan fingerprint density at radius 2 is 1.94 bits per heavy atom. The molecule has 0 fully saturated rings. The number of aryl methyl sites for hydroxylation is 2. The molecule has 96 valence electrons. The van der Waals surface area contributed by atoms with Gasteiger partial charge in [0.05, 0.1) is 16.7 Å². The molecule has 3 nitrogen and oxygen atoms in total. The van der Waals surface area contributed by atoms with Crippen LogP contribution in [0.25, 0.3) is 0 Å². The number of rotatable bonds is 4. The molecule has 1 heterocycles. The van der Waals surface area contributed by atoms with Crippen molar-refractivity contribution in [1.29, 1.82) is 0 Å². The highest BCUT2D eigenvalue weighted by Gasteiger charge is 2.08. The van der Waals surface area contributed by atoms with Crippen molar-refractivity contribution in [1.82, 2.24) is 9.78 Å². The third-order valence-corrected chi connectivity index (χ3v) is 4.10. The van der Waals surface area contributed by atoms with E-state index < -0.39 is 0 Å². The number of hydrogen-bond acceptors (Lipinski definition) is 2. The molecule has 0 saturated carbocycles. The van der Waals surface area contributed by atoms with Gasteiger partial charge in [-0.25, -0.2) is 0 Å². The second kappa shape index (κ2) is 5.57. The van der Waals surface area contributed by atoms with Gasteiger partial charge in [-0.15, -0.1) is 0 Å². The van der Waals surface area contributed by atoms with Crippen molar-refractivity contribution in [3.63, 3.8) is 0 Å². The SMILES string of the molecule is Cc1ccccc1OCCn1nc(C)c(Br)c1C. The number of para-hydroxylation sites is 1. The van der Waals surface area contributed by atoms with Crippen LogP contribution in [0.1, 0.15) is 17.0 Å². The van der Waals surface area contributed by atoms with E-state index in [1.807, 2.05) is 29.8 Å². The first kappa shape index (κ1) is 13.1. The molecule has 0 unspecified atom stereocenters. The summed E-state index contributed by atoms with van der Waals surface area (Å²) in [5.74, 6) is 0.943. The summed E-state index contributed by atoms with van der Waals surface area (Å²) in [7, 11) is 0. The Labute approximate surface area is 116 Å². The van der Waals surface area contributed by atoms with Gasteiger partial charge < -0.3 is 4.74 Å². The van der Waals surface area contributed by atoms with Crippen LogP contribution in [0, 0.1) is 20.8 Å². The number of aromatic nitrogens is 2. The summed E-state index contributed by atoms with van der Waals surface area (Å²) >= 11 is 3.52. The van der Waals surface area contributed by atoms with Gasteiger partial charge in [0.1, 0.15) is 12.4 Å². The zero-order chi connectivity index (χ0) is 13.1. The van der Waals surface area contributed by atoms with Gasteiger partial charge in [-0.3, -0.25) is 4.68 Å². The zero-order valence-corrected chi connectivity index (χ0v) is 12.5. The molecule has 0 amide bonds. The quantitative estimate of drug-likeness (QED) is 0.862. The molecule has 0 spiro atoms. The van der Waals surface area contributed by atoms with Gasteiger partial charge in [-0.05, 0) is 48.3 Å². The molecule has 1 aromatic heterocycles. The average Bonchev–Trinajstić information content (AvgIpc) is 2.60. The lowest BCUT2D eigenvalue weighted by Crippen LogP contribution is -2.11. The van der Waals surface area contributed by atoms with Gasteiger partial charge in [0.25, 0.3) is 0 Å². The summed E-state index contributed by atoms with van der Waals surface area (Å²) in [4.78, 5) is 0. The lowest BCUT2D eigenvalue weighted by Gasteiger charge is -2.09. The normalized spacial score (nSPS) is 10.7. The van der Waals surface area contributed by atoms with Gasteiger partial charge >= 0.3 is 0 Å². The Balaban J connectivity index is 1.97. The van der Waals surface area contributed by atoms with E-state index in [0.717, 1.165) is 33.7 Å². The van der Waals surface area contributed by atoms with Crippen LogP contribution in [0.3, 0.4) is 0 Å². The summed E-state index contributed by atoms with van der Waals surface area (Å²) in [5.41, 5.74) is 3.32. The van der Waals surface area contributed by atoms with Crippen LogP contribution < -0.4 is 4.74 Å². The number of nitrogens with zero attached hydrogens (tertiary/aromatic N) is 2. The molecule has 0 bridgehead atoms. The van der Waals surface area contributed by atoms with E-state index in [4.69, 9.17) is 4.74 Å². The van der Waals surface area contributed by atoms with Crippen LogP contribution in [0.4, 0.5) is 0 Å². The van der Waals surface area contributed by atoms with Crippen LogP contribution in [-0.2, 0) is 6.54 Å². The Hall–Kier alpha value is -1.29. The smallest absolute Gasteiger partial charge is 0.122 e. The van der Waals surface area contributed by atoms with Crippen molar-refractivity contribution in [2.45, 2.75) is 27.3 Å². The van der Waals surface area contributed by atoms with Crippen LogP contribution >= 0.6 is 15.9 Å². The second-order valence-electron chi connectivity index (χ2n) is 4.32. The summed E-state index contributed by atoms with van der Waals surface area (Å²) in [6, 6.07) is 8.05. The molecule has 0 atom stereocenters. The van der Waals surface area contributed by atoms with Gasteiger partial charge in [0.2, 0.25) is 0 Å². The lowest BCUT2D eigenvalue weighted by molar-refractivity contribution is 0.288. The molecular weight excluding hydrogens is 292 g/mol. The zero-order valence-electron chi connectivity index (χ0n) is 10.9. The molecule has 0 radical (unpaired) electrons. The molecule has 4 heteroatoms. The molecule has 0 aliphatic heterocycles. The maximum absolute atomic E-state index is 5.77. The van der Waals surface area contributed by atoms with Crippen LogP contribution in [0.15, 0.2) is 28.7 Å². The van der Waals surface area contributed by atoms with Crippen molar-refractivity contribution in [2.24, 2.45) is 0 Å². The van der Waals surface area contributed by atoms with Crippen molar-refractivity contribution < 1.29 is 4.74 Å². The fourth-order valence-electron chi connectivity index (χ4n) is 1.85. The standard InChI is InChI=1S/C14H17BrN2O/c1-10-6-4-5-7-13(10)18-9-8-17-12(3)14(15)11(2)16-17/h4-7H,8-9H2,1-3H3. The average molecular weight is 309 g/mol. The van der Waals surface area contributed by atoms with E-state index in [-0.39, 0.29) is 0 Å². The molecule has 1 aromatic carbocycles. The minimum absolute atomic E-state index is 0.624. The van der Waals surface area contributed by atoms with Crippen LogP contribution in [0.5, 0.6) is 5.75 Å². The van der Waals surface area contributed by atoms with E-state index in [9.17, 15) is 0 Å². The highest BCUT2D eigenvalue weighted by atomic mass is 79.9. The molecule has 18 heavy (non-hydrogen) atoms. The Kier molecular flexibility index (Phi) is 4.07. The fourth-order valence-corrected chi connectivity index (χ4v) is 2.14. The van der Waals surface area contributed by atoms with Gasteiger partial charge in [0.15, 0.2) is 0 Å². The highest BCUT2D eigenvalue weighted by molar-refractivity contribution is 9.10. The maximum Gasteiger partial charge on any atom is 0.122 e. The summed E-state index contributed by atoms with van der Waals surface area (Å²) in [6.07, 6.45) is 0. The van der Waals surface area contributed by atoms with Gasteiger partial charge in [0, 0.05) is 5.69 Å². The van der Waals surface area contributed by atoms with E-state index >= 15 is 0 Å². The van der Waals surface area contributed by atoms with Crippen molar-refractivity contribution in [3.05, 3.63) is 45.7 Å². The molecule has 0 aliphatic carbocycles. The first-order chi connectivity index (χ1) is 8.59. The summed E-state index contributed by atoms with van der Waals surface area (Å²) < 4.78 is 8.82. The number of benzene rings is 1. The van der Waals surface area contributed by atoms with Crippen LogP contribution in [0.2, 0.25) is 0 Å². The molecule has 0 saturated heterocycles. The molecule has 0 aliphatic rings. The van der Waals surface area contributed by atoms with Gasteiger partial charge in [-0.2, -0.15) is 5.10 Å². The third-order valence-electron chi connectivity index (χ3n) is 2.95. The van der Waals surface area contributed by atoms with E-state index in [0.29, 0.717) is 6.61 Å². The van der Waals surface area contributed by atoms with Crippen molar-refractivity contribution >= 4 is 15.9 Å². The highest BCUT2D eigenvalue weighted by Crippen LogP contribution is 2.20. The Bertz CT molecular complexity index is 549. The molecule has 2 aromatic rings. The van der Waals surface area contributed by atoms with Crippen molar-refractivity contribution in [2.75, 3.05) is 6.61 Å². The fraction of sp³-hybridized carbons (Fsp3) is 0.357. The molecule has 0 N–H and O–H groups in total. The topological polar surface area (TPSA) is 27.1 Å². The number of ether oxygens (including phenoxy) is 1. The predicted molar refractivity (Wildman–Crippen MR) is 76.1 cm³/mol. The maximum atomic E-state index is 5.77. The first-order valence-corrected chi connectivity index (χ1v) is 6.77. The predicted octanol–water partition coefficient (Wildman–Crippen LogP) is 3.65. The summed E-state index contributed by atoms with van der Waals surface area (Å²) in [6.45, 7) is 7.48. The van der Waals surface area contributed by atoms with E-state index in [1.165, 1.54) is 0 Å². The number of halogens is 1. The largest absolute Gasteiger partial charge is 0.491 e. The minimum atomic E-state index is 0.624.